The van der Waals surface area contributed by atoms with Crippen molar-refractivity contribution in [2.24, 2.45) is 0 Å². The molecule has 27 heavy (non-hydrogen) atoms. The zero-order valence-corrected chi connectivity index (χ0v) is 18.7. The van der Waals surface area contributed by atoms with Crippen LogP contribution in [-0.2, 0) is 10.1 Å². The molecule has 2 N–H and O–H groups in total. The Morgan fingerprint density at radius 3 is 1.30 bits per heavy atom. The van der Waals surface area contributed by atoms with Crippen LogP contribution in [0, 0.1) is 0 Å². The van der Waals surface area contributed by atoms with Gasteiger partial charge in [-0.05, 0) is 19.3 Å². The molecule has 1 unspecified atom stereocenters. The van der Waals surface area contributed by atoms with Gasteiger partial charge in [0.15, 0.2) is 0 Å². The third-order valence-corrected chi connectivity index (χ3v) is 6.14. The first-order valence-electron chi connectivity index (χ1n) is 11.6. The largest absolute Gasteiger partial charge is 0.393 e. The second kappa shape index (κ2) is 19.2. The van der Waals surface area contributed by atoms with E-state index in [1.54, 1.807) is 0 Å². The number of hydrogen-bond donors (Lipinski definition) is 2. The van der Waals surface area contributed by atoms with Crippen molar-refractivity contribution >= 4 is 10.1 Å². The third kappa shape index (κ3) is 23.8. The molecule has 0 aliphatic rings. The molecule has 0 aromatic rings. The van der Waals surface area contributed by atoms with Crippen LogP contribution in [0.5, 0.6) is 0 Å². The molecule has 1 atom stereocenters. The van der Waals surface area contributed by atoms with Crippen LogP contribution in [-0.4, -0.2) is 29.9 Å². The van der Waals surface area contributed by atoms with Crippen molar-refractivity contribution in [1.82, 2.24) is 0 Å². The molecule has 164 valence electrons. The Bertz CT molecular complexity index is 395. The number of unbranched alkanes of at least 4 members (excludes halogenated alkanes) is 15. The summed E-state index contributed by atoms with van der Waals surface area (Å²) >= 11 is 0. The predicted octanol–water partition coefficient (Wildman–Crippen LogP) is 6.67. The number of rotatable bonds is 21. The van der Waals surface area contributed by atoms with E-state index in [1.165, 1.54) is 89.9 Å². The fourth-order valence-corrected chi connectivity index (χ4v) is 4.13. The average Bonchev–Trinajstić information content (AvgIpc) is 2.61. The normalized spacial score (nSPS) is 13.1. The molecule has 0 aromatic carbocycles. The highest BCUT2D eigenvalue weighted by Crippen LogP contribution is 2.15. The summed E-state index contributed by atoms with van der Waals surface area (Å²) in [7, 11) is -3.76. The van der Waals surface area contributed by atoms with Gasteiger partial charge in [-0.2, -0.15) is 8.42 Å². The summed E-state index contributed by atoms with van der Waals surface area (Å²) in [5, 5.41) is 9.94. The summed E-state index contributed by atoms with van der Waals surface area (Å²) in [4.78, 5) is 0. The Morgan fingerprint density at radius 2 is 0.926 bits per heavy atom. The third-order valence-electron chi connectivity index (χ3n) is 5.33. The minimum atomic E-state index is -3.76. The molecule has 0 spiro atoms. The van der Waals surface area contributed by atoms with Crippen LogP contribution in [0.15, 0.2) is 0 Å². The van der Waals surface area contributed by atoms with Crippen LogP contribution in [0.1, 0.15) is 129 Å². The first-order chi connectivity index (χ1) is 13.0. The highest BCUT2D eigenvalue weighted by atomic mass is 32.2. The Labute approximate surface area is 169 Å². The lowest BCUT2D eigenvalue weighted by Gasteiger charge is -2.10. The summed E-state index contributed by atoms with van der Waals surface area (Å²) < 4.78 is 29.8. The maximum absolute atomic E-state index is 10.6. The molecule has 0 fully saturated rings. The molecule has 0 aliphatic heterocycles. The van der Waals surface area contributed by atoms with Crippen LogP contribution in [0.4, 0.5) is 0 Å². The summed E-state index contributed by atoms with van der Waals surface area (Å²) in [6.45, 7) is 2.22. The van der Waals surface area contributed by atoms with Gasteiger partial charge in [-0.3, -0.25) is 4.55 Å². The van der Waals surface area contributed by atoms with E-state index in [9.17, 15) is 13.5 Å². The second-order valence-corrected chi connectivity index (χ2v) is 9.75. The van der Waals surface area contributed by atoms with Gasteiger partial charge in [0.1, 0.15) is 0 Å². The van der Waals surface area contributed by atoms with E-state index in [-0.39, 0.29) is 11.9 Å². The molecule has 4 nitrogen and oxygen atoms in total. The summed E-state index contributed by atoms with van der Waals surface area (Å²) in [5.74, 6) is -0.0923. The molecule has 0 heterocycles. The monoisotopic (exact) mass is 406 g/mol. The van der Waals surface area contributed by atoms with Gasteiger partial charge < -0.3 is 5.11 Å². The van der Waals surface area contributed by atoms with E-state index >= 15 is 0 Å². The van der Waals surface area contributed by atoms with Gasteiger partial charge in [0.05, 0.1) is 11.9 Å². The maximum atomic E-state index is 10.6. The molecular formula is C22H46O4S. The van der Waals surface area contributed by atoms with Gasteiger partial charge in [0.2, 0.25) is 0 Å². The standard InChI is InChI=1S/C22H46O4S/c1-2-3-4-16-19-22(23)20-17-14-12-10-8-6-5-7-9-11-13-15-18-21-27(24,25)26/h22-23H,2-21H2,1H3,(H,24,25,26). The lowest BCUT2D eigenvalue weighted by atomic mass is 10.0. The Kier molecular flexibility index (Phi) is 19.1. The predicted molar refractivity (Wildman–Crippen MR) is 116 cm³/mol. The average molecular weight is 407 g/mol. The van der Waals surface area contributed by atoms with E-state index in [0.29, 0.717) is 6.42 Å². The topological polar surface area (TPSA) is 74.6 Å². The minimum Gasteiger partial charge on any atom is -0.393 e. The molecule has 0 radical (unpaired) electrons. The first kappa shape index (κ1) is 26.9. The van der Waals surface area contributed by atoms with Gasteiger partial charge >= 0.3 is 0 Å². The maximum Gasteiger partial charge on any atom is 0.264 e. The summed E-state index contributed by atoms with van der Waals surface area (Å²) in [6, 6.07) is 0. The van der Waals surface area contributed by atoms with Crippen LogP contribution >= 0.6 is 0 Å². The van der Waals surface area contributed by atoms with Crippen molar-refractivity contribution in [3.05, 3.63) is 0 Å². The van der Waals surface area contributed by atoms with Crippen molar-refractivity contribution in [3.8, 4) is 0 Å². The molecule has 0 rings (SSSR count). The van der Waals surface area contributed by atoms with Crippen LogP contribution in [0.3, 0.4) is 0 Å². The van der Waals surface area contributed by atoms with Crippen molar-refractivity contribution in [3.63, 3.8) is 0 Å². The van der Waals surface area contributed by atoms with Crippen LogP contribution in [0.25, 0.3) is 0 Å². The van der Waals surface area contributed by atoms with Gasteiger partial charge in [0, 0.05) is 0 Å². The van der Waals surface area contributed by atoms with Crippen molar-refractivity contribution in [2.75, 3.05) is 5.75 Å². The van der Waals surface area contributed by atoms with E-state index in [1.807, 2.05) is 0 Å². The van der Waals surface area contributed by atoms with E-state index in [4.69, 9.17) is 4.55 Å². The van der Waals surface area contributed by atoms with Crippen LogP contribution < -0.4 is 0 Å². The zero-order valence-electron chi connectivity index (χ0n) is 17.8. The Balaban J connectivity index is 3.14. The van der Waals surface area contributed by atoms with E-state index in [0.717, 1.165) is 25.7 Å². The number of aliphatic hydroxyl groups is 1. The smallest absolute Gasteiger partial charge is 0.264 e. The number of aliphatic hydroxyl groups excluding tert-OH is 1. The Morgan fingerprint density at radius 1 is 0.593 bits per heavy atom. The molecule has 5 heteroatoms. The molecule has 0 aliphatic carbocycles. The van der Waals surface area contributed by atoms with E-state index in [2.05, 4.69) is 6.92 Å². The minimum absolute atomic E-state index is 0.0742. The highest BCUT2D eigenvalue weighted by molar-refractivity contribution is 7.85. The number of hydrogen-bond acceptors (Lipinski definition) is 3. The fraction of sp³-hybridized carbons (Fsp3) is 1.00. The fourth-order valence-electron chi connectivity index (χ4n) is 3.56. The highest BCUT2D eigenvalue weighted by Gasteiger charge is 2.04. The van der Waals surface area contributed by atoms with Gasteiger partial charge in [0.25, 0.3) is 10.1 Å². The Hall–Kier alpha value is -0.130. The van der Waals surface area contributed by atoms with E-state index < -0.39 is 10.1 Å². The first-order valence-corrected chi connectivity index (χ1v) is 13.2. The van der Waals surface area contributed by atoms with Gasteiger partial charge in [-0.25, -0.2) is 0 Å². The SMILES string of the molecule is CCCCCCC(O)CCCCCCCCCCCCCCCS(=O)(=O)O. The van der Waals surface area contributed by atoms with Crippen LogP contribution in [0.2, 0.25) is 0 Å². The van der Waals surface area contributed by atoms with Crippen molar-refractivity contribution in [2.45, 2.75) is 135 Å². The van der Waals surface area contributed by atoms with Gasteiger partial charge in [-0.15, -0.1) is 0 Å². The molecule has 0 saturated carbocycles. The van der Waals surface area contributed by atoms with Crippen molar-refractivity contribution in [1.29, 1.82) is 0 Å². The lowest BCUT2D eigenvalue weighted by Crippen LogP contribution is -2.05. The molecule has 0 bridgehead atoms. The summed E-state index contributed by atoms with van der Waals surface area (Å²) in [6.07, 6.45) is 22.1. The molecular weight excluding hydrogens is 360 g/mol. The lowest BCUT2D eigenvalue weighted by molar-refractivity contribution is 0.147. The quantitative estimate of drug-likeness (QED) is 0.165. The zero-order chi connectivity index (χ0) is 20.2. The molecule has 0 saturated heterocycles. The summed E-state index contributed by atoms with van der Waals surface area (Å²) in [5.41, 5.74) is 0. The van der Waals surface area contributed by atoms with Crippen molar-refractivity contribution < 1.29 is 18.1 Å². The molecule has 0 aromatic heterocycles. The molecule has 0 amide bonds. The second-order valence-electron chi connectivity index (χ2n) is 8.17. The van der Waals surface area contributed by atoms with Gasteiger partial charge in [-0.1, -0.05) is 110 Å².